The van der Waals surface area contributed by atoms with E-state index < -0.39 is 6.61 Å². The first-order chi connectivity index (χ1) is 12.5. The van der Waals surface area contributed by atoms with Crippen LogP contribution in [-0.4, -0.2) is 39.0 Å². The van der Waals surface area contributed by atoms with Gasteiger partial charge in [0.25, 0.3) is 0 Å². The fourth-order valence-corrected chi connectivity index (χ4v) is 4.03. The number of H-pyrrole nitrogens is 1. The highest BCUT2D eigenvalue weighted by Gasteiger charge is 2.27. The Kier molecular flexibility index (Phi) is 4.39. The number of hydrogen-bond donors (Lipinski definition) is 2. The molecule has 0 bridgehead atoms. The van der Waals surface area contributed by atoms with Crippen LogP contribution in [0.1, 0.15) is 17.0 Å². The van der Waals surface area contributed by atoms with E-state index >= 15 is 0 Å². The van der Waals surface area contributed by atoms with Crippen LogP contribution in [0.5, 0.6) is 0 Å². The number of hydrogen-bond acceptors (Lipinski definition) is 3. The molecule has 0 atom stereocenters. The van der Waals surface area contributed by atoms with E-state index in [2.05, 4.69) is 9.97 Å². The van der Waals surface area contributed by atoms with Gasteiger partial charge in [-0.15, -0.1) is 0 Å². The molecule has 0 saturated heterocycles. The van der Waals surface area contributed by atoms with Crippen molar-refractivity contribution in [2.75, 3.05) is 13.2 Å². The minimum Gasteiger partial charge on any atom is -0.387 e. The number of benzene rings is 1. The predicted octanol–water partition coefficient (Wildman–Crippen LogP) is 3.72. The normalized spacial score (nSPS) is 13.9. The van der Waals surface area contributed by atoms with Crippen molar-refractivity contribution in [3.05, 3.63) is 51.4 Å². The van der Waals surface area contributed by atoms with E-state index in [0.717, 1.165) is 39.0 Å². The minimum atomic E-state index is -0.487. The van der Waals surface area contributed by atoms with Crippen LogP contribution in [0, 0.1) is 6.92 Å². The molecule has 1 amide bonds. The van der Waals surface area contributed by atoms with Gasteiger partial charge in [0.1, 0.15) is 6.61 Å². The van der Waals surface area contributed by atoms with Crippen LogP contribution in [0.25, 0.3) is 22.0 Å². The highest BCUT2D eigenvalue weighted by atomic mass is 35.5. The van der Waals surface area contributed by atoms with Gasteiger partial charge in [-0.2, -0.15) is 0 Å². The Morgan fingerprint density at radius 3 is 2.92 bits per heavy atom. The maximum atomic E-state index is 12.0. The number of aromatic nitrogens is 2. The van der Waals surface area contributed by atoms with Gasteiger partial charge in [0.2, 0.25) is 5.91 Å². The summed E-state index contributed by atoms with van der Waals surface area (Å²) in [5.74, 6) is -0.274. The average molecular weight is 390 g/mol. The molecule has 7 heteroatoms. The van der Waals surface area contributed by atoms with Gasteiger partial charge in [-0.1, -0.05) is 29.3 Å². The van der Waals surface area contributed by atoms with Crippen molar-refractivity contribution in [3.8, 4) is 11.1 Å². The summed E-state index contributed by atoms with van der Waals surface area (Å²) in [5, 5.41) is 11.1. The number of pyridine rings is 1. The molecule has 134 valence electrons. The number of aryl methyl sites for hydroxylation is 1. The third kappa shape index (κ3) is 2.67. The Hall–Kier alpha value is -2.08. The minimum absolute atomic E-state index is 0.274. The van der Waals surface area contributed by atoms with Crippen LogP contribution in [0.4, 0.5) is 0 Å². The van der Waals surface area contributed by atoms with Crippen molar-refractivity contribution >= 4 is 40.0 Å². The van der Waals surface area contributed by atoms with Crippen molar-refractivity contribution in [3.63, 3.8) is 0 Å². The topological polar surface area (TPSA) is 69.2 Å². The maximum Gasteiger partial charge on any atom is 0.248 e. The first-order valence-electron chi connectivity index (χ1n) is 8.33. The van der Waals surface area contributed by atoms with E-state index in [1.165, 1.54) is 0 Å². The molecule has 2 N–H and O–H groups in total. The molecule has 4 rings (SSSR count). The molecule has 26 heavy (non-hydrogen) atoms. The smallest absolute Gasteiger partial charge is 0.248 e. The molecule has 0 spiro atoms. The van der Waals surface area contributed by atoms with Crippen molar-refractivity contribution < 1.29 is 9.90 Å². The molecule has 5 nitrogen and oxygen atoms in total. The van der Waals surface area contributed by atoms with Gasteiger partial charge in [-0.25, -0.2) is 0 Å². The van der Waals surface area contributed by atoms with Crippen molar-refractivity contribution in [1.82, 2.24) is 14.9 Å². The molecule has 0 unspecified atom stereocenters. The van der Waals surface area contributed by atoms with Crippen LogP contribution in [0.2, 0.25) is 10.0 Å². The molecule has 0 aliphatic carbocycles. The number of aromatic amines is 1. The van der Waals surface area contributed by atoms with E-state index in [9.17, 15) is 9.90 Å². The summed E-state index contributed by atoms with van der Waals surface area (Å²) in [4.78, 5) is 21.4. The number of halogens is 2. The first kappa shape index (κ1) is 17.3. The molecule has 2 aromatic heterocycles. The van der Waals surface area contributed by atoms with Crippen LogP contribution in [0.3, 0.4) is 0 Å². The lowest BCUT2D eigenvalue weighted by atomic mass is 9.95. The number of rotatable bonds is 2. The summed E-state index contributed by atoms with van der Waals surface area (Å²) in [6.07, 6.45) is 2.43. The summed E-state index contributed by atoms with van der Waals surface area (Å²) in [6, 6.07) is 5.74. The Bertz CT molecular complexity index is 1030. The average Bonchev–Trinajstić information content (AvgIpc) is 3.03. The number of nitrogens with one attached hydrogen (secondary N) is 1. The third-order valence-corrected chi connectivity index (χ3v) is 5.71. The maximum absolute atomic E-state index is 12.0. The van der Waals surface area contributed by atoms with E-state index in [1.807, 2.05) is 25.1 Å². The molecule has 1 aliphatic rings. The lowest BCUT2D eigenvalue weighted by molar-refractivity contribution is -0.135. The fourth-order valence-electron chi connectivity index (χ4n) is 3.63. The zero-order valence-electron chi connectivity index (χ0n) is 14.1. The van der Waals surface area contributed by atoms with E-state index in [-0.39, 0.29) is 5.91 Å². The van der Waals surface area contributed by atoms with Gasteiger partial charge in [-0.3, -0.25) is 9.78 Å². The van der Waals surface area contributed by atoms with Crippen LogP contribution in [0.15, 0.2) is 24.4 Å². The molecule has 0 radical (unpaired) electrons. The number of carbonyl (C=O) groups is 1. The highest BCUT2D eigenvalue weighted by molar-refractivity contribution is 6.45. The van der Waals surface area contributed by atoms with E-state index in [4.69, 9.17) is 23.2 Å². The summed E-state index contributed by atoms with van der Waals surface area (Å²) < 4.78 is 0. The van der Waals surface area contributed by atoms with Gasteiger partial charge in [0, 0.05) is 53.6 Å². The van der Waals surface area contributed by atoms with Gasteiger partial charge < -0.3 is 15.0 Å². The molecule has 0 saturated carbocycles. The standard InChI is InChI=1S/C19H17Cl2N3O2/c1-10-11(3-2-5-22-10)12-7-14(20)18(21)19-17(12)13-8-24(16(26)9-25)6-4-15(13)23-19/h2-3,5,7,23,25H,4,6,8-9H2,1H3. The fraction of sp³-hybridized carbons (Fsp3) is 0.263. The van der Waals surface area contributed by atoms with Crippen molar-refractivity contribution in [2.45, 2.75) is 19.9 Å². The zero-order chi connectivity index (χ0) is 18.4. The van der Waals surface area contributed by atoms with Gasteiger partial charge in [0.15, 0.2) is 0 Å². The number of fused-ring (bicyclic) bond motifs is 3. The van der Waals surface area contributed by atoms with Gasteiger partial charge in [0.05, 0.1) is 15.6 Å². The third-order valence-electron chi connectivity index (χ3n) is 4.93. The Morgan fingerprint density at radius 1 is 1.38 bits per heavy atom. The quantitative estimate of drug-likeness (QED) is 0.701. The molecule has 0 fully saturated rings. The summed E-state index contributed by atoms with van der Waals surface area (Å²) in [6.45, 7) is 2.45. The van der Waals surface area contributed by atoms with E-state index in [0.29, 0.717) is 29.6 Å². The zero-order valence-corrected chi connectivity index (χ0v) is 15.7. The van der Waals surface area contributed by atoms with Gasteiger partial charge >= 0.3 is 0 Å². The van der Waals surface area contributed by atoms with Crippen molar-refractivity contribution in [2.24, 2.45) is 0 Å². The number of carbonyl (C=O) groups excluding carboxylic acids is 1. The molecule has 1 aromatic carbocycles. The summed E-state index contributed by atoms with van der Waals surface area (Å²) in [5.41, 5.74) is 5.65. The van der Waals surface area contributed by atoms with Gasteiger partial charge in [-0.05, 0) is 24.6 Å². The monoisotopic (exact) mass is 389 g/mol. The Balaban J connectivity index is 1.99. The predicted molar refractivity (Wildman–Crippen MR) is 102 cm³/mol. The van der Waals surface area contributed by atoms with E-state index in [1.54, 1.807) is 11.1 Å². The summed E-state index contributed by atoms with van der Waals surface area (Å²) >= 11 is 12.9. The van der Waals surface area contributed by atoms with Crippen LogP contribution < -0.4 is 0 Å². The highest BCUT2D eigenvalue weighted by Crippen LogP contribution is 2.42. The molecule has 3 heterocycles. The first-order valence-corrected chi connectivity index (χ1v) is 9.09. The van der Waals surface area contributed by atoms with Crippen LogP contribution >= 0.6 is 23.2 Å². The lowest BCUT2D eigenvalue weighted by Crippen LogP contribution is -2.37. The number of aliphatic hydroxyl groups excluding tert-OH is 1. The van der Waals surface area contributed by atoms with Crippen LogP contribution in [-0.2, 0) is 17.8 Å². The SMILES string of the molecule is Cc1ncccc1-c1cc(Cl)c(Cl)c2[nH]c3c(c12)CN(C(=O)CO)CC3. The number of nitrogens with zero attached hydrogens (tertiary/aromatic N) is 2. The second kappa shape index (κ2) is 6.58. The number of amides is 1. The Labute approximate surface area is 160 Å². The summed E-state index contributed by atoms with van der Waals surface area (Å²) in [7, 11) is 0. The molecule has 3 aromatic rings. The lowest BCUT2D eigenvalue weighted by Gasteiger charge is -2.27. The largest absolute Gasteiger partial charge is 0.387 e. The number of aliphatic hydroxyl groups is 1. The van der Waals surface area contributed by atoms with Crippen molar-refractivity contribution in [1.29, 1.82) is 0 Å². The Morgan fingerprint density at radius 2 is 2.19 bits per heavy atom. The second-order valence-electron chi connectivity index (χ2n) is 6.41. The molecular formula is C19H17Cl2N3O2. The second-order valence-corrected chi connectivity index (χ2v) is 7.20. The molecular weight excluding hydrogens is 373 g/mol. The molecule has 1 aliphatic heterocycles.